The van der Waals surface area contributed by atoms with E-state index in [0.717, 1.165) is 0 Å². The highest BCUT2D eigenvalue weighted by Crippen LogP contribution is 2.26. The zero-order valence-electron chi connectivity index (χ0n) is 6.50. The van der Waals surface area contributed by atoms with Crippen LogP contribution in [-0.2, 0) is 4.79 Å². The molecular weight excluding hydrogens is 209 g/mol. The molecule has 13 heavy (non-hydrogen) atoms. The monoisotopic (exact) mass is 213 g/mol. The maximum absolute atomic E-state index is 10.5. The Morgan fingerprint density at radius 3 is 2.62 bits per heavy atom. The molecule has 0 fully saturated rings. The lowest BCUT2D eigenvalue weighted by Gasteiger charge is -2.04. The third-order valence-corrected chi connectivity index (χ3v) is 2.14. The maximum atomic E-state index is 10.5. The van der Waals surface area contributed by atoms with Crippen molar-refractivity contribution in [2.45, 2.75) is 5.92 Å². The molecule has 0 spiro atoms. The van der Waals surface area contributed by atoms with Gasteiger partial charge in [-0.15, -0.1) is 0 Å². The van der Waals surface area contributed by atoms with E-state index in [1.54, 1.807) is 12.1 Å². The van der Waals surface area contributed by atoms with Crippen molar-refractivity contribution in [1.29, 1.82) is 5.26 Å². The Balaban J connectivity index is 3.16. The Morgan fingerprint density at radius 2 is 2.15 bits per heavy atom. The van der Waals surface area contributed by atoms with Gasteiger partial charge in [0.2, 0.25) is 0 Å². The van der Waals surface area contributed by atoms with E-state index in [1.807, 2.05) is 6.07 Å². The molecule has 1 aromatic rings. The Labute approximate surface area is 85.7 Å². The Kier molecular flexibility index (Phi) is 3.30. The van der Waals surface area contributed by atoms with E-state index in [4.69, 9.17) is 28.5 Å². The van der Waals surface area contributed by atoms with Crippen molar-refractivity contribution in [2.24, 2.45) is 0 Å². The maximum Gasteiger partial charge on any atom is 0.141 e. The summed E-state index contributed by atoms with van der Waals surface area (Å²) in [5, 5.41) is 9.42. The van der Waals surface area contributed by atoms with Crippen molar-refractivity contribution in [2.75, 3.05) is 0 Å². The number of carbonyl (C=O) groups is 1. The Hall–Kier alpha value is -1.04. The number of rotatable bonds is 2. The predicted molar refractivity (Wildman–Crippen MR) is 50.9 cm³/mol. The number of hydrogen-bond acceptors (Lipinski definition) is 2. The van der Waals surface area contributed by atoms with Gasteiger partial charge < -0.3 is 4.79 Å². The van der Waals surface area contributed by atoms with E-state index in [-0.39, 0.29) is 0 Å². The molecule has 1 rings (SSSR count). The lowest BCUT2D eigenvalue weighted by Crippen LogP contribution is -1.97. The standard InChI is InChI=1S/C9H5Cl2NO/c10-7-1-2-8(9(11)3-7)6(4-12)5-13/h1-3,5-6H. The van der Waals surface area contributed by atoms with E-state index in [2.05, 4.69) is 0 Å². The SMILES string of the molecule is N#CC(C=O)c1ccc(Cl)cc1Cl. The largest absolute Gasteiger partial charge is 0.302 e. The third-order valence-electron chi connectivity index (χ3n) is 1.57. The summed E-state index contributed by atoms with van der Waals surface area (Å²) in [4.78, 5) is 10.5. The fraction of sp³-hybridized carbons (Fsp3) is 0.111. The topological polar surface area (TPSA) is 40.9 Å². The molecule has 1 aromatic carbocycles. The molecule has 0 saturated carbocycles. The fourth-order valence-corrected chi connectivity index (χ4v) is 1.45. The van der Waals surface area contributed by atoms with Gasteiger partial charge in [-0.3, -0.25) is 0 Å². The van der Waals surface area contributed by atoms with Gasteiger partial charge in [-0.05, 0) is 17.7 Å². The second-order valence-electron chi connectivity index (χ2n) is 2.41. The highest BCUT2D eigenvalue weighted by molar-refractivity contribution is 6.35. The highest BCUT2D eigenvalue weighted by Gasteiger charge is 2.12. The molecule has 0 radical (unpaired) electrons. The second-order valence-corrected chi connectivity index (χ2v) is 3.25. The van der Waals surface area contributed by atoms with Crippen LogP contribution in [0.25, 0.3) is 0 Å². The van der Waals surface area contributed by atoms with Crippen LogP contribution in [-0.4, -0.2) is 6.29 Å². The van der Waals surface area contributed by atoms with Gasteiger partial charge >= 0.3 is 0 Å². The van der Waals surface area contributed by atoms with Crippen LogP contribution in [0.5, 0.6) is 0 Å². The average molecular weight is 214 g/mol. The van der Waals surface area contributed by atoms with Crippen molar-refractivity contribution < 1.29 is 4.79 Å². The zero-order chi connectivity index (χ0) is 9.84. The molecule has 66 valence electrons. The summed E-state index contributed by atoms with van der Waals surface area (Å²) in [7, 11) is 0. The fourth-order valence-electron chi connectivity index (χ4n) is 0.927. The first-order valence-corrected chi connectivity index (χ1v) is 4.24. The van der Waals surface area contributed by atoms with Gasteiger partial charge in [-0.2, -0.15) is 5.26 Å². The number of nitriles is 1. The van der Waals surface area contributed by atoms with E-state index in [1.165, 1.54) is 6.07 Å². The molecule has 0 heterocycles. The van der Waals surface area contributed by atoms with Gasteiger partial charge in [-0.25, -0.2) is 0 Å². The number of halogens is 2. The molecule has 0 N–H and O–H groups in total. The zero-order valence-corrected chi connectivity index (χ0v) is 8.01. The molecule has 1 unspecified atom stereocenters. The quantitative estimate of drug-likeness (QED) is 0.710. The Morgan fingerprint density at radius 1 is 1.46 bits per heavy atom. The first-order valence-electron chi connectivity index (χ1n) is 3.49. The van der Waals surface area contributed by atoms with Crippen LogP contribution >= 0.6 is 23.2 Å². The summed E-state index contributed by atoms with van der Waals surface area (Å²) in [6.45, 7) is 0. The molecule has 0 aliphatic rings. The van der Waals surface area contributed by atoms with Crippen molar-refractivity contribution in [3.05, 3.63) is 33.8 Å². The molecule has 0 aliphatic heterocycles. The lowest BCUT2D eigenvalue weighted by molar-refractivity contribution is -0.108. The number of carbonyl (C=O) groups excluding carboxylic acids is 1. The van der Waals surface area contributed by atoms with Crippen LogP contribution in [0.3, 0.4) is 0 Å². The van der Waals surface area contributed by atoms with E-state index >= 15 is 0 Å². The summed E-state index contributed by atoms with van der Waals surface area (Å²) in [5.74, 6) is -0.815. The van der Waals surface area contributed by atoms with Crippen LogP contribution in [0.15, 0.2) is 18.2 Å². The predicted octanol–water partition coefficient (Wildman–Crippen LogP) is 2.80. The normalized spacial score (nSPS) is 11.8. The summed E-state index contributed by atoms with van der Waals surface area (Å²) in [5.41, 5.74) is 0.489. The summed E-state index contributed by atoms with van der Waals surface area (Å²) < 4.78 is 0. The smallest absolute Gasteiger partial charge is 0.141 e. The van der Waals surface area contributed by atoms with Crippen LogP contribution in [0.2, 0.25) is 10.0 Å². The van der Waals surface area contributed by atoms with Gasteiger partial charge in [0, 0.05) is 10.0 Å². The minimum atomic E-state index is -0.815. The van der Waals surface area contributed by atoms with Crippen molar-refractivity contribution in [3.8, 4) is 6.07 Å². The molecule has 0 aliphatic carbocycles. The summed E-state index contributed by atoms with van der Waals surface area (Å²) >= 11 is 11.4. The molecule has 0 saturated heterocycles. The number of hydrogen-bond donors (Lipinski definition) is 0. The van der Waals surface area contributed by atoms with Crippen molar-refractivity contribution in [1.82, 2.24) is 0 Å². The molecule has 2 nitrogen and oxygen atoms in total. The van der Waals surface area contributed by atoms with Gasteiger partial charge in [0.25, 0.3) is 0 Å². The average Bonchev–Trinajstić information content (AvgIpc) is 2.10. The summed E-state index contributed by atoms with van der Waals surface area (Å²) in [6, 6.07) is 6.51. The van der Waals surface area contributed by atoms with Crippen LogP contribution in [0.1, 0.15) is 11.5 Å². The Bertz CT molecular complexity index is 370. The van der Waals surface area contributed by atoms with Gasteiger partial charge in [-0.1, -0.05) is 29.3 Å². The van der Waals surface area contributed by atoms with Gasteiger partial charge in [0.1, 0.15) is 12.2 Å². The molecule has 1 atom stereocenters. The molecular formula is C9H5Cl2NO. The first kappa shape index (κ1) is 10.0. The second kappa shape index (κ2) is 4.27. The van der Waals surface area contributed by atoms with Crippen LogP contribution in [0, 0.1) is 11.3 Å². The minimum absolute atomic E-state index is 0.339. The minimum Gasteiger partial charge on any atom is -0.302 e. The molecule has 4 heteroatoms. The number of nitrogens with zero attached hydrogens (tertiary/aromatic N) is 1. The third kappa shape index (κ3) is 2.21. The molecule has 0 bridgehead atoms. The lowest BCUT2D eigenvalue weighted by atomic mass is 10.0. The van der Waals surface area contributed by atoms with Gasteiger partial charge in [0.15, 0.2) is 0 Å². The molecule has 0 aromatic heterocycles. The summed E-state index contributed by atoms with van der Waals surface area (Å²) in [6.07, 6.45) is 0.551. The van der Waals surface area contributed by atoms with E-state index < -0.39 is 5.92 Å². The van der Waals surface area contributed by atoms with Crippen LogP contribution < -0.4 is 0 Å². The van der Waals surface area contributed by atoms with Crippen molar-refractivity contribution >= 4 is 29.5 Å². The highest BCUT2D eigenvalue weighted by atomic mass is 35.5. The first-order chi connectivity index (χ1) is 6.19. The van der Waals surface area contributed by atoms with Crippen molar-refractivity contribution in [3.63, 3.8) is 0 Å². The van der Waals surface area contributed by atoms with Crippen LogP contribution in [0.4, 0.5) is 0 Å². The molecule has 0 amide bonds. The van der Waals surface area contributed by atoms with E-state index in [0.29, 0.717) is 21.9 Å². The van der Waals surface area contributed by atoms with Gasteiger partial charge in [0.05, 0.1) is 6.07 Å². The number of aldehydes is 1. The van der Waals surface area contributed by atoms with E-state index in [9.17, 15) is 4.79 Å². The number of benzene rings is 1.